The van der Waals surface area contributed by atoms with Gasteiger partial charge in [-0.05, 0) is 31.5 Å². The molecule has 2 N–H and O–H groups in total. The van der Waals surface area contributed by atoms with Crippen LogP contribution in [0.3, 0.4) is 0 Å². The summed E-state index contributed by atoms with van der Waals surface area (Å²) in [7, 11) is 0. The number of halogens is 1. The predicted octanol–water partition coefficient (Wildman–Crippen LogP) is 1.59. The highest BCUT2D eigenvalue weighted by molar-refractivity contribution is 6.32. The first-order chi connectivity index (χ1) is 12.5. The maximum Gasteiger partial charge on any atom is 0.317 e. The van der Waals surface area contributed by atoms with Crippen LogP contribution in [0.1, 0.15) is 30.3 Å². The number of hydrogen-bond donors (Lipinski definition) is 2. The van der Waals surface area contributed by atoms with Crippen molar-refractivity contribution in [2.45, 2.75) is 31.8 Å². The van der Waals surface area contributed by atoms with Gasteiger partial charge in [0.2, 0.25) is 0 Å². The topological polar surface area (TPSA) is 100 Å². The molecule has 0 bridgehead atoms. The molecule has 3 rings (SSSR count). The van der Waals surface area contributed by atoms with Crippen LogP contribution < -0.4 is 5.32 Å². The lowest BCUT2D eigenvalue weighted by molar-refractivity contribution is -0.139. The first-order valence-corrected chi connectivity index (χ1v) is 8.79. The molecule has 1 amide bonds. The van der Waals surface area contributed by atoms with Gasteiger partial charge in [0.05, 0.1) is 23.5 Å². The second-order valence-electron chi connectivity index (χ2n) is 6.25. The van der Waals surface area contributed by atoms with Crippen LogP contribution in [-0.4, -0.2) is 62.0 Å². The van der Waals surface area contributed by atoms with Gasteiger partial charge in [-0.15, -0.1) is 5.10 Å². The largest absolute Gasteiger partial charge is 0.480 e. The van der Waals surface area contributed by atoms with E-state index in [1.807, 2.05) is 24.0 Å². The molecule has 1 heterocycles. The average molecular weight is 378 g/mol. The third kappa shape index (κ3) is 4.03. The van der Waals surface area contributed by atoms with Gasteiger partial charge in [-0.25, -0.2) is 4.68 Å². The van der Waals surface area contributed by atoms with E-state index in [-0.39, 0.29) is 30.2 Å². The smallest absolute Gasteiger partial charge is 0.317 e. The van der Waals surface area contributed by atoms with Crippen LogP contribution in [0.2, 0.25) is 5.02 Å². The minimum atomic E-state index is -0.837. The number of nitrogens with one attached hydrogen (secondary N) is 1. The molecule has 0 radical (unpaired) electrons. The third-order valence-corrected chi connectivity index (χ3v) is 4.85. The molecule has 26 heavy (non-hydrogen) atoms. The van der Waals surface area contributed by atoms with E-state index in [0.29, 0.717) is 17.3 Å². The van der Waals surface area contributed by atoms with E-state index in [0.717, 1.165) is 12.8 Å². The van der Waals surface area contributed by atoms with Crippen molar-refractivity contribution < 1.29 is 14.7 Å². The fourth-order valence-corrected chi connectivity index (χ4v) is 3.28. The van der Waals surface area contributed by atoms with E-state index >= 15 is 0 Å². The van der Waals surface area contributed by atoms with Crippen molar-refractivity contribution >= 4 is 23.5 Å². The number of rotatable bonds is 7. The van der Waals surface area contributed by atoms with E-state index in [1.165, 1.54) is 10.9 Å². The van der Waals surface area contributed by atoms with Gasteiger partial charge in [0.15, 0.2) is 5.69 Å². The number of likely N-dealkylation sites (N-methyl/N-ethyl adjacent to an activating group) is 1. The van der Waals surface area contributed by atoms with Gasteiger partial charge in [-0.1, -0.05) is 35.9 Å². The predicted molar refractivity (Wildman–Crippen MR) is 95.5 cm³/mol. The summed E-state index contributed by atoms with van der Waals surface area (Å²) in [5.74, 6) is -1.14. The number of benzene rings is 1. The molecule has 1 fully saturated rings. The molecular weight excluding hydrogens is 358 g/mol. The molecule has 1 aromatic heterocycles. The zero-order chi connectivity index (χ0) is 18.7. The highest BCUT2D eigenvalue weighted by Crippen LogP contribution is 2.26. The first-order valence-electron chi connectivity index (χ1n) is 8.42. The molecule has 0 aliphatic heterocycles. The molecule has 138 valence electrons. The molecular formula is C17H20ClN5O3. The Bertz CT molecular complexity index is 803. The third-order valence-electron chi connectivity index (χ3n) is 4.53. The number of para-hydroxylation sites is 1. The molecule has 1 aliphatic rings. The van der Waals surface area contributed by atoms with Crippen molar-refractivity contribution in [3.8, 4) is 5.69 Å². The van der Waals surface area contributed by atoms with Crippen LogP contribution in [0.4, 0.5) is 0 Å². The lowest BCUT2D eigenvalue weighted by Gasteiger charge is -2.42. The first kappa shape index (κ1) is 18.3. The zero-order valence-electron chi connectivity index (χ0n) is 14.3. The number of carboxylic acid groups (broad SMARTS) is 1. The highest BCUT2D eigenvalue weighted by atomic mass is 35.5. The Labute approximate surface area is 155 Å². The van der Waals surface area contributed by atoms with Crippen LogP contribution in [0.15, 0.2) is 30.5 Å². The summed E-state index contributed by atoms with van der Waals surface area (Å²) in [6, 6.07) is 7.36. The Balaban J connectivity index is 1.56. The SMILES string of the molecule is CCN(CC(=O)O)C1CC(NC(=O)c2cn(-c3ccccc3Cl)nn2)C1. The van der Waals surface area contributed by atoms with Crippen LogP contribution >= 0.6 is 11.6 Å². The summed E-state index contributed by atoms with van der Waals surface area (Å²) in [5, 5.41) is 20.2. The summed E-state index contributed by atoms with van der Waals surface area (Å²) in [6.45, 7) is 2.62. The lowest BCUT2D eigenvalue weighted by atomic mass is 9.85. The highest BCUT2D eigenvalue weighted by Gasteiger charge is 2.35. The van der Waals surface area contributed by atoms with Crippen LogP contribution in [0, 0.1) is 0 Å². The molecule has 9 heteroatoms. The van der Waals surface area contributed by atoms with Gasteiger partial charge in [-0.3, -0.25) is 14.5 Å². The van der Waals surface area contributed by atoms with Gasteiger partial charge >= 0.3 is 5.97 Å². The van der Waals surface area contributed by atoms with Gasteiger partial charge in [-0.2, -0.15) is 0 Å². The van der Waals surface area contributed by atoms with E-state index in [4.69, 9.17) is 16.7 Å². The second-order valence-corrected chi connectivity index (χ2v) is 6.66. The van der Waals surface area contributed by atoms with Gasteiger partial charge < -0.3 is 10.4 Å². The molecule has 1 aromatic carbocycles. The van der Waals surface area contributed by atoms with Gasteiger partial charge in [0, 0.05) is 12.1 Å². The van der Waals surface area contributed by atoms with Gasteiger partial charge in [0.1, 0.15) is 0 Å². The molecule has 0 saturated heterocycles. The fourth-order valence-electron chi connectivity index (χ4n) is 3.06. The lowest BCUT2D eigenvalue weighted by Crippen LogP contribution is -2.54. The average Bonchev–Trinajstić information content (AvgIpc) is 3.06. The monoisotopic (exact) mass is 377 g/mol. The zero-order valence-corrected chi connectivity index (χ0v) is 15.1. The van der Waals surface area contributed by atoms with Crippen molar-refractivity contribution in [3.05, 3.63) is 41.2 Å². The van der Waals surface area contributed by atoms with E-state index in [2.05, 4.69) is 15.6 Å². The minimum absolute atomic E-state index is 0.0146. The Hall–Kier alpha value is -2.45. The van der Waals surface area contributed by atoms with Crippen molar-refractivity contribution in [1.82, 2.24) is 25.2 Å². The van der Waals surface area contributed by atoms with Crippen molar-refractivity contribution in [1.29, 1.82) is 0 Å². The fraction of sp³-hybridized carbons (Fsp3) is 0.412. The number of aliphatic carboxylic acids is 1. The molecule has 2 aromatic rings. The Morgan fingerprint density at radius 2 is 2.12 bits per heavy atom. The molecule has 0 unspecified atom stereocenters. The number of nitrogens with zero attached hydrogens (tertiary/aromatic N) is 4. The van der Waals surface area contributed by atoms with Crippen molar-refractivity contribution in [3.63, 3.8) is 0 Å². The Kier molecular flexibility index (Phi) is 5.53. The molecule has 1 aliphatic carbocycles. The summed E-state index contributed by atoms with van der Waals surface area (Å²) in [4.78, 5) is 25.1. The summed E-state index contributed by atoms with van der Waals surface area (Å²) >= 11 is 6.12. The van der Waals surface area contributed by atoms with Crippen molar-refractivity contribution in [2.75, 3.05) is 13.1 Å². The van der Waals surface area contributed by atoms with E-state index < -0.39 is 5.97 Å². The number of amides is 1. The second kappa shape index (κ2) is 7.84. The Morgan fingerprint density at radius 1 is 1.38 bits per heavy atom. The normalized spacial score (nSPS) is 19.2. The number of carboxylic acids is 1. The van der Waals surface area contributed by atoms with Crippen LogP contribution in [0.25, 0.3) is 5.69 Å². The quantitative estimate of drug-likeness (QED) is 0.760. The van der Waals surface area contributed by atoms with E-state index in [9.17, 15) is 9.59 Å². The maximum absolute atomic E-state index is 12.3. The number of aromatic nitrogens is 3. The molecule has 0 atom stereocenters. The Morgan fingerprint density at radius 3 is 2.77 bits per heavy atom. The van der Waals surface area contributed by atoms with Crippen molar-refractivity contribution in [2.24, 2.45) is 0 Å². The number of carbonyl (C=O) groups excluding carboxylic acids is 1. The van der Waals surface area contributed by atoms with Crippen LogP contribution in [0.5, 0.6) is 0 Å². The number of carbonyl (C=O) groups is 2. The van der Waals surface area contributed by atoms with Crippen LogP contribution in [-0.2, 0) is 4.79 Å². The van der Waals surface area contributed by atoms with E-state index in [1.54, 1.807) is 12.1 Å². The van der Waals surface area contributed by atoms with Gasteiger partial charge in [0.25, 0.3) is 5.91 Å². The molecule has 0 spiro atoms. The standard InChI is InChI=1S/C17H20ClN5O3/c1-2-22(10-16(24)25)12-7-11(8-12)19-17(26)14-9-23(21-20-14)15-6-4-3-5-13(15)18/h3-6,9,11-12H,2,7-8,10H2,1H3,(H,19,26)(H,24,25). The molecule has 8 nitrogen and oxygen atoms in total. The maximum atomic E-state index is 12.3. The summed E-state index contributed by atoms with van der Waals surface area (Å²) < 4.78 is 1.46. The summed E-state index contributed by atoms with van der Waals surface area (Å²) in [6.07, 6.45) is 2.99. The minimum Gasteiger partial charge on any atom is -0.480 e. The summed E-state index contributed by atoms with van der Waals surface area (Å²) in [5.41, 5.74) is 0.864. The number of hydrogen-bond acceptors (Lipinski definition) is 5. The molecule has 1 saturated carbocycles.